The number of methoxy groups -OCH3 is 1. The van der Waals surface area contributed by atoms with E-state index in [-0.39, 0.29) is 12.1 Å². The Morgan fingerprint density at radius 2 is 1.76 bits per heavy atom. The van der Waals surface area contributed by atoms with Crippen LogP contribution in [0.4, 0.5) is 10.5 Å². The van der Waals surface area contributed by atoms with Crippen LogP contribution in [0.1, 0.15) is 17.9 Å². The number of hydrogen-bond acceptors (Lipinski definition) is 3. The van der Waals surface area contributed by atoms with Crippen molar-refractivity contribution in [2.45, 2.75) is 18.4 Å². The fourth-order valence-corrected chi connectivity index (χ4v) is 4.86. The van der Waals surface area contributed by atoms with Crippen LogP contribution < -0.4 is 15.4 Å². The van der Waals surface area contributed by atoms with Crippen LogP contribution in [0.5, 0.6) is 5.75 Å². The third kappa shape index (κ3) is 4.70. The normalized spacial score (nSPS) is 16.7. The van der Waals surface area contributed by atoms with Crippen molar-refractivity contribution in [1.82, 2.24) is 15.1 Å². The van der Waals surface area contributed by atoms with Gasteiger partial charge in [-0.3, -0.25) is 4.68 Å². The second-order valence-corrected chi connectivity index (χ2v) is 9.30. The molecule has 1 aliphatic carbocycles. The minimum atomic E-state index is -0.203. The zero-order valence-electron chi connectivity index (χ0n) is 19.0. The smallest absolute Gasteiger partial charge is 0.319 e. The number of benzene rings is 3. The maximum Gasteiger partial charge on any atom is 0.319 e. The number of nitrogens with one attached hydrogen (secondary N) is 2. The number of hydrogen-bond donors (Lipinski definition) is 2. The molecule has 34 heavy (non-hydrogen) atoms. The van der Waals surface area contributed by atoms with Crippen molar-refractivity contribution in [2.24, 2.45) is 7.05 Å². The molecular weight excluding hydrogens is 492 g/mol. The van der Waals surface area contributed by atoms with Crippen LogP contribution in [-0.4, -0.2) is 29.0 Å². The predicted octanol–water partition coefficient (Wildman–Crippen LogP) is 6.20. The molecule has 3 aromatic carbocycles. The average Bonchev–Trinajstić information content (AvgIpc) is 3.53. The first-order valence-corrected chi connectivity index (χ1v) is 11.9. The monoisotopic (exact) mass is 516 g/mol. The molecule has 1 aliphatic rings. The summed E-state index contributed by atoms with van der Waals surface area (Å²) in [5.74, 6) is 1.17. The number of aryl methyl sites for hydroxylation is 1. The van der Waals surface area contributed by atoms with E-state index in [1.54, 1.807) is 13.3 Å². The molecule has 1 saturated carbocycles. The summed E-state index contributed by atoms with van der Waals surface area (Å²) in [6, 6.07) is 24.2. The summed E-state index contributed by atoms with van der Waals surface area (Å²) in [5.41, 5.74) is 5.87. The van der Waals surface area contributed by atoms with Gasteiger partial charge in [0.2, 0.25) is 0 Å². The molecule has 1 heterocycles. The zero-order chi connectivity index (χ0) is 23.7. The molecule has 0 spiro atoms. The van der Waals surface area contributed by atoms with E-state index in [2.05, 4.69) is 49.9 Å². The van der Waals surface area contributed by atoms with Gasteiger partial charge in [0, 0.05) is 30.3 Å². The average molecular weight is 517 g/mol. The zero-order valence-corrected chi connectivity index (χ0v) is 20.5. The number of ether oxygens (including phenoxy) is 1. The molecule has 2 N–H and O–H groups in total. The van der Waals surface area contributed by atoms with E-state index < -0.39 is 0 Å². The van der Waals surface area contributed by atoms with Crippen LogP contribution in [0, 0.1) is 0 Å². The molecule has 6 nitrogen and oxygen atoms in total. The van der Waals surface area contributed by atoms with Crippen molar-refractivity contribution in [3.8, 4) is 28.1 Å². The molecule has 0 aliphatic heterocycles. The SMILES string of the molecule is COc1ccc(-c2cc(NC(=O)NC3CC3c3ccccc3)cc(-c3c(Br)cnn3C)c2)cc1. The van der Waals surface area contributed by atoms with Gasteiger partial charge in [-0.15, -0.1) is 0 Å². The van der Waals surface area contributed by atoms with Crippen molar-refractivity contribution in [1.29, 1.82) is 0 Å². The van der Waals surface area contributed by atoms with Gasteiger partial charge in [0.1, 0.15) is 5.75 Å². The summed E-state index contributed by atoms with van der Waals surface area (Å²) in [7, 11) is 3.55. The standard InChI is InChI=1S/C27H25BrN4O2/c1-32-26(24(28)16-29-32)20-12-19(17-8-10-22(34-2)11-9-17)13-21(14-20)30-27(33)31-25-15-23(25)18-6-4-3-5-7-18/h3-14,16,23,25H,15H2,1-2H3,(H2,30,31,33). The third-order valence-corrected chi connectivity index (χ3v) is 6.70. The van der Waals surface area contributed by atoms with Gasteiger partial charge in [0.15, 0.2) is 0 Å². The van der Waals surface area contributed by atoms with Crippen LogP contribution in [0.15, 0.2) is 83.5 Å². The molecule has 2 unspecified atom stereocenters. The number of nitrogens with zero attached hydrogens (tertiary/aromatic N) is 2. The lowest BCUT2D eigenvalue weighted by Crippen LogP contribution is -2.31. The van der Waals surface area contributed by atoms with E-state index in [0.717, 1.165) is 39.0 Å². The molecule has 2 amide bonds. The molecule has 0 radical (unpaired) electrons. The Labute approximate surface area is 207 Å². The van der Waals surface area contributed by atoms with Crippen molar-refractivity contribution in [2.75, 3.05) is 12.4 Å². The first kappa shape index (κ1) is 22.2. The molecule has 7 heteroatoms. The summed E-state index contributed by atoms with van der Waals surface area (Å²) in [6.07, 6.45) is 2.72. The van der Waals surface area contributed by atoms with Gasteiger partial charge in [-0.1, -0.05) is 42.5 Å². The number of rotatable bonds is 6. The molecule has 5 rings (SSSR count). The Bertz CT molecular complexity index is 1300. The van der Waals surface area contributed by atoms with Gasteiger partial charge in [0.05, 0.1) is 23.5 Å². The van der Waals surface area contributed by atoms with Crippen molar-refractivity contribution < 1.29 is 9.53 Å². The summed E-state index contributed by atoms with van der Waals surface area (Å²) in [4.78, 5) is 12.8. The maximum atomic E-state index is 12.8. The van der Waals surface area contributed by atoms with Gasteiger partial charge >= 0.3 is 6.03 Å². The fourth-order valence-electron chi connectivity index (χ4n) is 4.28. The highest BCUT2D eigenvalue weighted by atomic mass is 79.9. The highest BCUT2D eigenvalue weighted by Gasteiger charge is 2.39. The largest absolute Gasteiger partial charge is 0.497 e. The van der Waals surface area contributed by atoms with E-state index in [4.69, 9.17) is 4.74 Å². The van der Waals surface area contributed by atoms with Gasteiger partial charge < -0.3 is 15.4 Å². The Balaban J connectivity index is 1.40. The van der Waals surface area contributed by atoms with Crippen LogP contribution in [0.2, 0.25) is 0 Å². The van der Waals surface area contributed by atoms with Crippen molar-refractivity contribution >= 4 is 27.6 Å². The van der Waals surface area contributed by atoms with Gasteiger partial charge in [-0.25, -0.2) is 4.79 Å². The van der Waals surface area contributed by atoms with E-state index in [1.807, 2.05) is 66.3 Å². The van der Waals surface area contributed by atoms with Crippen molar-refractivity contribution in [3.05, 3.63) is 89.0 Å². The van der Waals surface area contributed by atoms with E-state index in [9.17, 15) is 4.79 Å². The number of carbonyl (C=O) groups is 1. The first-order valence-electron chi connectivity index (χ1n) is 11.1. The van der Waals surface area contributed by atoms with Gasteiger partial charge in [-0.2, -0.15) is 5.10 Å². The molecule has 172 valence electrons. The Morgan fingerprint density at radius 1 is 1.03 bits per heavy atom. The number of amides is 2. The molecular formula is C27H25BrN4O2. The van der Waals surface area contributed by atoms with E-state index >= 15 is 0 Å². The molecule has 0 bridgehead atoms. The van der Waals surface area contributed by atoms with Gasteiger partial charge in [-0.05, 0) is 69.4 Å². The summed E-state index contributed by atoms with van der Waals surface area (Å²) in [6.45, 7) is 0. The van der Waals surface area contributed by atoms with Crippen LogP contribution >= 0.6 is 15.9 Å². The lowest BCUT2D eigenvalue weighted by Gasteiger charge is -2.13. The second-order valence-electron chi connectivity index (χ2n) is 8.45. The lowest BCUT2D eigenvalue weighted by atomic mass is 10.0. The topological polar surface area (TPSA) is 68.2 Å². The lowest BCUT2D eigenvalue weighted by molar-refractivity contribution is 0.251. The quantitative estimate of drug-likeness (QED) is 0.320. The molecule has 2 atom stereocenters. The fraction of sp³-hybridized carbons (Fsp3) is 0.185. The Kier molecular flexibility index (Phi) is 6.11. The molecule has 1 fully saturated rings. The maximum absolute atomic E-state index is 12.8. The number of urea groups is 1. The number of carbonyl (C=O) groups excluding carboxylic acids is 1. The summed E-state index contributed by atoms with van der Waals surface area (Å²) in [5, 5.41) is 10.5. The van der Waals surface area contributed by atoms with Crippen molar-refractivity contribution in [3.63, 3.8) is 0 Å². The summed E-state index contributed by atoms with van der Waals surface area (Å²) >= 11 is 3.60. The third-order valence-electron chi connectivity index (χ3n) is 6.12. The highest BCUT2D eigenvalue weighted by molar-refractivity contribution is 9.10. The van der Waals surface area contributed by atoms with Gasteiger partial charge in [0.25, 0.3) is 0 Å². The summed E-state index contributed by atoms with van der Waals surface area (Å²) < 4.78 is 8.00. The van der Waals surface area contributed by atoms with Crippen LogP contribution in [0.3, 0.4) is 0 Å². The second kappa shape index (κ2) is 9.35. The molecule has 4 aromatic rings. The Morgan fingerprint density at radius 3 is 2.44 bits per heavy atom. The predicted molar refractivity (Wildman–Crippen MR) is 138 cm³/mol. The molecule has 1 aromatic heterocycles. The van der Waals surface area contributed by atoms with Crippen LogP contribution in [0.25, 0.3) is 22.4 Å². The highest BCUT2D eigenvalue weighted by Crippen LogP contribution is 2.40. The first-order chi connectivity index (χ1) is 16.5. The number of aromatic nitrogens is 2. The molecule has 0 saturated heterocycles. The van der Waals surface area contributed by atoms with Crippen LogP contribution in [-0.2, 0) is 7.05 Å². The number of halogens is 1. The minimum Gasteiger partial charge on any atom is -0.497 e. The number of anilines is 1. The van der Waals surface area contributed by atoms with E-state index in [1.165, 1.54) is 5.56 Å². The Hall–Kier alpha value is -3.58. The minimum absolute atomic E-state index is 0.151. The van der Waals surface area contributed by atoms with E-state index in [0.29, 0.717) is 11.6 Å².